The van der Waals surface area contributed by atoms with Crippen LogP contribution in [0.25, 0.3) is 0 Å². The van der Waals surface area contributed by atoms with E-state index in [4.69, 9.17) is 4.74 Å². The Balaban J connectivity index is 2.18. The van der Waals surface area contributed by atoms with Crippen molar-refractivity contribution in [2.24, 2.45) is 0 Å². The first kappa shape index (κ1) is 22.9. The molecule has 158 valence electrons. The number of rotatable bonds is 9. The van der Waals surface area contributed by atoms with Gasteiger partial charge in [-0.1, -0.05) is 25.8 Å². The van der Waals surface area contributed by atoms with Crippen LogP contribution < -0.4 is 5.32 Å². The maximum Gasteiger partial charge on any atom is 0.408 e. The molecular formula is C22H31N3O3S. The summed E-state index contributed by atoms with van der Waals surface area (Å²) in [6.07, 6.45) is 5.23. The fourth-order valence-electron chi connectivity index (χ4n) is 2.85. The second-order valence-electron chi connectivity index (χ2n) is 7.97. The lowest BCUT2D eigenvalue weighted by Gasteiger charge is -2.29. The molecule has 0 unspecified atom stereocenters. The van der Waals surface area contributed by atoms with E-state index in [0.717, 1.165) is 23.3 Å². The van der Waals surface area contributed by atoms with Crippen molar-refractivity contribution in [2.45, 2.75) is 71.7 Å². The fourth-order valence-corrected chi connectivity index (χ4v) is 3.57. The molecule has 1 atom stereocenters. The third-order valence-electron chi connectivity index (χ3n) is 4.20. The summed E-state index contributed by atoms with van der Waals surface area (Å²) in [6, 6.07) is 7.17. The maximum atomic E-state index is 13.4. The van der Waals surface area contributed by atoms with Crippen LogP contribution in [0.2, 0.25) is 0 Å². The van der Waals surface area contributed by atoms with Crippen molar-refractivity contribution < 1.29 is 14.3 Å². The number of thiophene rings is 1. The molecular weight excluding hydrogens is 386 g/mol. The highest BCUT2D eigenvalue weighted by Gasteiger charge is 2.28. The highest BCUT2D eigenvalue weighted by atomic mass is 32.1. The summed E-state index contributed by atoms with van der Waals surface area (Å²) in [6.45, 7) is 8.44. The molecule has 6 nitrogen and oxygen atoms in total. The summed E-state index contributed by atoms with van der Waals surface area (Å²) in [5.74, 6) is -0.102. The van der Waals surface area contributed by atoms with E-state index in [9.17, 15) is 9.59 Å². The number of amides is 2. The first-order valence-corrected chi connectivity index (χ1v) is 10.9. The second-order valence-corrected chi connectivity index (χ2v) is 9.00. The zero-order valence-electron chi connectivity index (χ0n) is 17.7. The third kappa shape index (κ3) is 8.23. The number of pyridine rings is 1. The Bertz CT molecular complexity index is 757. The molecule has 0 aliphatic rings. The summed E-state index contributed by atoms with van der Waals surface area (Å²) in [5, 5.41) is 4.79. The van der Waals surface area contributed by atoms with Gasteiger partial charge in [0, 0.05) is 23.8 Å². The van der Waals surface area contributed by atoms with Crippen LogP contribution in [0.5, 0.6) is 0 Å². The van der Waals surface area contributed by atoms with Gasteiger partial charge in [-0.3, -0.25) is 9.78 Å². The minimum atomic E-state index is -0.619. The van der Waals surface area contributed by atoms with Crippen LogP contribution in [0.1, 0.15) is 57.4 Å². The molecule has 29 heavy (non-hydrogen) atoms. The van der Waals surface area contributed by atoms with E-state index in [2.05, 4.69) is 17.2 Å². The summed E-state index contributed by atoms with van der Waals surface area (Å²) >= 11 is 1.61. The molecule has 0 fully saturated rings. The standard InChI is InChI=1S/C22H31N3O3S/c1-5-6-9-19(24-21(27)28-22(2,3)4)20(26)25(16-18-8-7-14-29-18)15-17-10-12-23-13-11-17/h7-8,10-14,19H,5-6,9,15-16H2,1-4H3,(H,24,27)/t19-/m0/s1. The van der Waals surface area contributed by atoms with Crippen LogP contribution in [0.15, 0.2) is 42.0 Å². The van der Waals surface area contributed by atoms with Gasteiger partial charge in [-0.2, -0.15) is 0 Å². The Hall–Kier alpha value is -2.41. The molecule has 2 aromatic rings. The highest BCUT2D eigenvalue weighted by Crippen LogP contribution is 2.17. The van der Waals surface area contributed by atoms with E-state index in [1.165, 1.54) is 0 Å². The van der Waals surface area contributed by atoms with Crippen LogP contribution in [0.3, 0.4) is 0 Å². The van der Waals surface area contributed by atoms with Gasteiger partial charge >= 0.3 is 6.09 Å². The lowest BCUT2D eigenvalue weighted by molar-refractivity contribution is -0.135. The molecule has 0 saturated carbocycles. The van der Waals surface area contributed by atoms with E-state index >= 15 is 0 Å². The van der Waals surface area contributed by atoms with Crippen molar-refractivity contribution in [3.63, 3.8) is 0 Å². The molecule has 2 rings (SSSR count). The number of hydrogen-bond acceptors (Lipinski definition) is 5. The van der Waals surface area contributed by atoms with Gasteiger partial charge < -0.3 is 15.0 Å². The van der Waals surface area contributed by atoms with Crippen LogP contribution in [-0.2, 0) is 22.6 Å². The van der Waals surface area contributed by atoms with E-state index in [1.54, 1.807) is 28.6 Å². The van der Waals surface area contributed by atoms with Crippen molar-refractivity contribution in [2.75, 3.05) is 0 Å². The number of nitrogens with one attached hydrogen (secondary N) is 1. The Labute approximate surface area is 177 Å². The molecule has 0 spiro atoms. The predicted octanol–water partition coefficient (Wildman–Crippen LogP) is 4.76. The molecule has 2 aromatic heterocycles. The number of hydrogen-bond donors (Lipinski definition) is 1. The second kappa shape index (κ2) is 11.0. The van der Waals surface area contributed by atoms with Crippen LogP contribution in [-0.4, -0.2) is 33.5 Å². The first-order valence-electron chi connectivity index (χ1n) is 9.98. The van der Waals surface area contributed by atoms with E-state index in [-0.39, 0.29) is 5.91 Å². The zero-order chi connectivity index (χ0) is 21.3. The summed E-state index contributed by atoms with van der Waals surface area (Å²) in [7, 11) is 0. The SMILES string of the molecule is CCCC[C@H](NC(=O)OC(C)(C)C)C(=O)N(Cc1ccncc1)Cc1cccs1. The van der Waals surface area contributed by atoms with Crippen molar-refractivity contribution in [1.29, 1.82) is 0 Å². The molecule has 0 aliphatic carbocycles. The van der Waals surface area contributed by atoms with Crippen LogP contribution in [0.4, 0.5) is 4.79 Å². The molecule has 0 saturated heterocycles. The average molecular weight is 418 g/mol. The van der Waals surface area contributed by atoms with Gasteiger partial charge in [0.2, 0.25) is 5.91 Å². The molecule has 2 amide bonds. The quantitative estimate of drug-likeness (QED) is 0.639. The number of unbranched alkanes of at least 4 members (excludes halogenated alkanes) is 1. The lowest BCUT2D eigenvalue weighted by Crippen LogP contribution is -2.49. The predicted molar refractivity (Wildman–Crippen MR) is 115 cm³/mol. The topological polar surface area (TPSA) is 71.5 Å². The van der Waals surface area contributed by atoms with Crippen molar-refractivity contribution >= 4 is 23.3 Å². The number of carbonyl (C=O) groups is 2. The maximum absolute atomic E-state index is 13.4. The smallest absolute Gasteiger partial charge is 0.408 e. The van der Waals surface area contributed by atoms with E-state index in [1.807, 2.05) is 50.4 Å². The van der Waals surface area contributed by atoms with Gasteiger partial charge in [-0.05, 0) is 56.3 Å². The molecule has 1 N–H and O–H groups in total. The number of carbonyl (C=O) groups excluding carboxylic acids is 2. The Morgan fingerprint density at radius 2 is 1.93 bits per heavy atom. The molecule has 0 aromatic carbocycles. The molecule has 2 heterocycles. The number of nitrogens with zero attached hydrogens (tertiary/aromatic N) is 2. The minimum Gasteiger partial charge on any atom is -0.444 e. The van der Waals surface area contributed by atoms with Crippen molar-refractivity contribution in [3.8, 4) is 0 Å². The van der Waals surface area contributed by atoms with Gasteiger partial charge in [0.15, 0.2) is 0 Å². The molecule has 7 heteroatoms. The van der Waals surface area contributed by atoms with E-state index < -0.39 is 17.7 Å². The number of alkyl carbamates (subject to hydrolysis) is 1. The number of ether oxygens (including phenoxy) is 1. The van der Waals surface area contributed by atoms with Gasteiger partial charge in [0.25, 0.3) is 0 Å². The highest BCUT2D eigenvalue weighted by molar-refractivity contribution is 7.09. The van der Waals surface area contributed by atoms with Gasteiger partial charge in [-0.15, -0.1) is 11.3 Å². The molecule has 0 radical (unpaired) electrons. The minimum absolute atomic E-state index is 0.102. The van der Waals surface area contributed by atoms with E-state index in [0.29, 0.717) is 19.5 Å². The Morgan fingerprint density at radius 3 is 2.52 bits per heavy atom. The third-order valence-corrected chi connectivity index (χ3v) is 5.06. The largest absolute Gasteiger partial charge is 0.444 e. The van der Waals surface area contributed by atoms with Gasteiger partial charge in [0.05, 0.1) is 6.54 Å². The number of aromatic nitrogens is 1. The Kier molecular flexibility index (Phi) is 8.64. The lowest BCUT2D eigenvalue weighted by atomic mass is 10.1. The van der Waals surface area contributed by atoms with Crippen LogP contribution >= 0.6 is 11.3 Å². The summed E-state index contributed by atoms with van der Waals surface area (Å²) in [4.78, 5) is 32.7. The zero-order valence-corrected chi connectivity index (χ0v) is 18.5. The normalized spacial score (nSPS) is 12.3. The first-order chi connectivity index (χ1) is 13.8. The molecule has 0 bridgehead atoms. The van der Waals surface area contributed by atoms with Gasteiger partial charge in [0.1, 0.15) is 11.6 Å². The van der Waals surface area contributed by atoms with Gasteiger partial charge in [-0.25, -0.2) is 4.79 Å². The van der Waals surface area contributed by atoms with Crippen molar-refractivity contribution in [3.05, 3.63) is 52.5 Å². The monoisotopic (exact) mass is 417 g/mol. The van der Waals surface area contributed by atoms with Crippen molar-refractivity contribution in [1.82, 2.24) is 15.2 Å². The Morgan fingerprint density at radius 1 is 1.21 bits per heavy atom. The summed E-state index contributed by atoms with van der Waals surface area (Å²) in [5.41, 5.74) is 0.382. The molecule has 0 aliphatic heterocycles. The van der Waals surface area contributed by atoms with Crippen LogP contribution in [0, 0.1) is 0 Å². The fraction of sp³-hybridized carbons (Fsp3) is 0.500. The average Bonchev–Trinajstić information content (AvgIpc) is 3.16. The summed E-state index contributed by atoms with van der Waals surface area (Å²) < 4.78 is 5.38.